The van der Waals surface area contributed by atoms with Crippen LogP contribution >= 0.6 is 15.6 Å². The van der Waals surface area contributed by atoms with E-state index in [1.165, 1.54) is 38.5 Å². The standard InChI is InChI=1S/C44H76O14P2/c1-3-5-7-8-9-10-11-12-13-14-15-16-17-20-23-26-30-34-43(47)54-38-42(39-57-60(52,53)56-37-41(46)36-55-59(49,50)51)58-44(48)35-31-27-24-21-18-19-22-25-29-33-40(45)32-28-6-4-2/h12-13,15-16,20,22-23,25,29,33,41-42,46H,3-11,14,17-19,21,24,26-28,30-32,34-39H2,1-2H3,(H,52,53)(H2,49,50,51)/b13-12-,16-15-,23-20-,25-22-,33-29+/t41-,42+/m0/s1. The van der Waals surface area contributed by atoms with E-state index < -0.39 is 66.2 Å². The van der Waals surface area contributed by atoms with Crippen molar-refractivity contribution in [2.75, 3.05) is 26.4 Å². The van der Waals surface area contributed by atoms with E-state index in [9.17, 15) is 33.5 Å². The van der Waals surface area contributed by atoms with Crippen molar-refractivity contribution < 1.29 is 66.3 Å². The maximum atomic E-state index is 12.6. The lowest BCUT2D eigenvalue weighted by Gasteiger charge is -2.20. The molecule has 0 saturated carbocycles. The third-order valence-electron chi connectivity index (χ3n) is 8.85. The Kier molecular flexibility index (Phi) is 37.7. The highest BCUT2D eigenvalue weighted by Gasteiger charge is 2.28. The van der Waals surface area contributed by atoms with Crippen molar-refractivity contribution in [3.63, 3.8) is 0 Å². The highest BCUT2D eigenvalue weighted by atomic mass is 31.2. The van der Waals surface area contributed by atoms with Crippen LogP contribution in [0.25, 0.3) is 0 Å². The molecular weight excluding hydrogens is 814 g/mol. The number of aliphatic hydroxyl groups excluding tert-OH is 1. The first-order chi connectivity index (χ1) is 28.8. The third kappa shape index (κ3) is 42.2. The second-order valence-corrected chi connectivity index (χ2v) is 17.3. The van der Waals surface area contributed by atoms with E-state index in [0.717, 1.165) is 70.6 Å². The summed E-state index contributed by atoms with van der Waals surface area (Å²) in [6, 6.07) is 0. The fourth-order valence-corrected chi connectivity index (χ4v) is 6.62. The number of phosphoric acid groups is 2. The minimum absolute atomic E-state index is 0.0674. The van der Waals surface area contributed by atoms with Crippen molar-refractivity contribution in [3.05, 3.63) is 60.8 Å². The molecule has 0 rings (SSSR count). The zero-order valence-electron chi connectivity index (χ0n) is 36.3. The van der Waals surface area contributed by atoms with Crippen LogP contribution in [0.2, 0.25) is 0 Å². The fraction of sp³-hybridized carbons (Fsp3) is 0.705. The van der Waals surface area contributed by atoms with Crippen LogP contribution in [0, 0.1) is 0 Å². The van der Waals surface area contributed by atoms with Gasteiger partial charge in [-0.1, -0.05) is 133 Å². The Hall–Kier alpha value is -2.51. The summed E-state index contributed by atoms with van der Waals surface area (Å²) in [5.41, 5.74) is 0. The molecule has 0 spiro atoms. The van der Waals surface area contributed by atoms with Crippen LogP contribution in [0.5, 0.6) is 0 Å². The SMILES string of the molecule is CCCCCCCC/C=C\C/C=C\C/C=C\CCCC(=O)OC[C@H](COP(=O)(O)OC[C@@H](O)COP(=O)(O)O)OC(=O)CCCCCCC/C=C\C=C\C(=O)CCCCC. The van der Waals surface area contributed by atoms with Gasteiger partial charge in [0.05, 0.1) is 19.8 Å². The molecule has 3 atom stereocenters. The highest BCUT2D eigenvalue weighted by molar-refractivity contribution is 7.47. The van der Waals surface area contributed by atoms with Crippen LogP contribution in [0.3, 0.4) is 0 Å². The van der Waals surface area contributed by atoms with Gasteiger partial charge < -0.3 is 29.3 Å². The van der Waals surface area contributed by atoms with Crippen LogP contribution in [-0.4, -0.2) is 76.1 Å². The average molecular weight is 891 g/mol. The minimum atomic E-state index is -4.88. The number of ether oxygens (including phenoxy) is 2. The van der Waals surface area contributed by atoms with E-state index in [1.54, 1.807) is 12.2 Å². The first kappa shape index (κ1) is 57.5. The molecule has 0 aromatic carbocycles. The zero-order valence-corrected chi connectivity index (χ0v) is 38.1. The lowest BCUT2D eigenvalue weighted by atomic mass is 10.1. The summed E-state index contributed by atoms with van der Waals surface area (Å²) in [5, 5.41) is 9.74. The molecule has 0 aliphatic rings. The molecule has 0 aliphatic heterocycles. The lowest BCUT2D eigenvalue weighted by Crippen LogP contribution is -2.30. The summed E-state index contributed by atoms with van der Waals surface area (Å²) >= 11 is 0. The monoisotopic (exact) mass is 890 g/mol. The summed E-state index contributed by atoms with van der Waals surface area (Å²) in [6.07, 6.45) is 37.8. The van der Waals surface area contributed by atoms with Gasteiger partial charge in [0.1, 0.15) is 12.7 Å². The molecule has 16 heteroatoms. The van der Waals surface area contributed by atoms with Gasteiger partial charge in [-0.2, -0.15) is 0 Å². The van der Waals surface area contributed by atoms with Crippen molar-refractivity contribution in [1.82, 2.24) is 0 Å². The third-order valence-corrected chi connectivity index (χ3v) is 10.3. The molecule has 0 saturated heterocycles. The molecule has 346 valence electrons. The Balaban J connectivity index is 4.67. The Labute approximate surface area is 359 Å². The van der Waals surface area contributed by atoms with Crippen LogP contribution in [0.1, 0.15) is 162 Å². The van der Waals surface area contributed by atoms with E-state index in [-0.39, 0.29) is 18.6 Å². The largest absolute Gasteiger partial charge is 0.472 e. The number of unbranched alkanes of at least 4 members (excludes halogenated alkanes) is 14. The van der Waals surface area contributed by atoms with Gasteiger partial charge in [-0.05, 0) is 70.3 Å². The number of ketones is 1. The number of esters is 2. The molecule has 4 N–H and O–H groups in total. The molecule has 1 unspecified atom stereocenters. The zero-order chi connectivity index (χ0) is 44.6. The van der Waals surface area contributed by atoms with E-state index in [4.69, 9.17) is 23.8 Å². The van der Waals surface area contributed by atoms with E-state index in [1.807, 2.05) is 24.3 Å². The van der Waals surface area contributed by atoms with Gasteiger partial charge >= 0.3 is 27.6 Å². The van der Waals surface area contributed by atoms with Crippen LogP contribution in [0.4, 0.5) is 0 Å². The van der Waals surface area contributed by atoms with Gasteiger partial charge in [0.2, 0.25) is 0 Å². The molecule has 0 radical (unpaired) electrons. The van der Waals surface area contributed by atoms with Gasteiger partial charge in [-0.3, -0.25) is 28.0 Å². The fourth-order valence-electron chi connectivity index (χ4n) is 5.46. The number of phosphoric ester groups is 2. The number of allylic oxidation sites excluding steroid dienone is 10. The quantitative estimate of drug-likeness (QED) is 0.0112. The van der Waals surface area contributed by atoms with E-state index >= 15 is 0 Å². The average Bonchev–Trinajstić information content (AvgIpc) is 3.20. The minimum Gasteiger partial charge on any atom is -0.462 e. The predicted octanol–water partition coefficient (Wildman–Crippen LogP) is 10.4. The van der Waals surface area contributed by atoms with Gasteiger partial charge in [-0.15, -0.1) is 0 Å². The molecule has 14 nitrogen and oxygen atoms in total. The summed E-state index contributed by atoms with van der Waals surface area (Å²) in [6.45, 7) is 1.48. The molecule has 0 bridgehead atoms. The van der Waals surface area contributed by atoms with Crippen LogP contribution in [0.15, 0.2) is 60.8 Å². The highest BCUT2D eigenvalue weighted by Crippen LogP contribution is 2.43. The number of carbonyl (C=O) groups excluding carboxylic acids is 3. The molecule has 0 heterocycles. The smallest absolute Gasteiger partial charge is 0.462 e. The van der Waals surface area contributed by atoms with Crippen molar-refractivity contribution in [2.45, 2.75) is 174 Å². The van der Waals surface area contributed by atoms with Gasteiger partial charge in [0, 0.05) is 19.3 Å². The van der Waals surface area contributed by atoms with Crippen molar-refractivity contribution >= 4 is 33.4 Å². The molecule has 0 aliphatic carbocycles. The number of hydrogen-bond donors (Lipinski definition) is 4. The Morgan fingerprint density at radius 1 is 0.533 bits per heavy atom. The number of rotatable bonds is 41. The summed E-state index contributed by atoms with van der Waals surface area (Å²) in [5.74, 6) is -1.02. The maximum absolute atomic E-state index is 12.6. The summed E-state index contributed by atoms with van der Waals surface area (Å²) in [4.78, 5) is 64.4. The van der Waals surface area contributed by atoms with Crippen molar-refractivity contribution in [3.8, 4) is 0 Å². The van der Waals surface area contributed by atoms with Gasteiger partial charge in [-0.25, -0.2) is 9.13 Å². The first-order valence-corrected chi connectivity index (χ1v) is 25.0. The van der Waals surface area contributed by atoms with Gasteiger partial charge in [0.25, 0.3) is 0 Å². The second kappa shape index (κ2) is 39.3. The number of aliphatic hydroxyl groups is 1. The normalized spacial score (nSPS) is 14.5. The molecule has 0 fully saturated rings. The summed E-state index contributed by atoms with van der Waals surface area (Å²) in [7, 11) is -9.72. The second-order valence-electron chi connectivity index (χ2n) is 14.6. The molecule has 0 amide bonds. The Morgan fingerprint density at radius 2 is 1.03 bits per heavy atom. The number of carbonyl (C=O) groups is 3. The Morgan fingerprint density at radius 3 is 1.68 bits per heavy atom. The van der Waals surface area contributed by atoms with Crippen LogP contribution < -0.4 is 0 Å². The topological polar surface area (TPSA) is 212 Å². The first-order valence-electron chi connectivity index (χ1n) is 21.9. The number of hydrogen-bond acceptors (Lipinski definition) is 11. The predicted molar refractivity (Wildman–Crippen MR) is 235 cm³/mol. The molecule has 60 heavy (non-hydrogen) atoms. The van der Waals surface area contributed by atoms with E-state index in [0.29, 0.717) is 25.7 Å². The molecular formula is C44H76O14P2. The lowest BCUT2D eigenvalue weighted by molar-refractivity contribution is -0.161. The Bertz CT molecular complexity index is 1350. The molecule has 0 aromatic heterocycles. The van der Waals surface area contributed by atoms with E-state index in [2.05, 4.69) is 47.2 Å². The summed E-state index contributed by atoms with van der Waals surface area (Å²) < 4.78 is 47.6. The van der Waals surface area contributed by atoms with Gasteiger partial charge in [0.15, 0.2) is 11.9 Å². The van der Waals surface area contributed by atoms with Crippen LogP contribution in [-0.2, 0) is 46.6 Å². The van der Waals surface area contributed by atoms with Crippen molar-refractivity contribution in [1.29, 1.82) is 0 Å². The maximum Gasteiger partial charge on any atom is 0.472 e. The van der Waals surface area contributed by atoms with Crippen molar-refractivity contribution in [2.24, 2.45) is 0 Å². The molecule has 0 aromatic rings.